The highest BCUT2D eigenvalue weighted by atomic mass is 32.1. The van der Waals surface area contributed by atoms with Crippen LogP contribution in [0.3, 0.4) is 0 Å². The number of nitrogens with zero attached hydrogens (tertiary/aromatic N) is 3. The van der Waals surface area contributed by atoms with E-state index in [1.54, 1.807) is 0 Å². The summed E-state index contributed by atoms with van der Waals surface area (Å²) < 4.78 is 1.02. The Labute approximate surface area is 221 Å². The number of aryl methyl sites for hydroxylation is 2. The fourth-order valence-corrected chi connectivity index (χ4v) is 5.45. The second kappa shape index (κ2) is 13.3. The molecular formula is C27H36N6O3S. The summed E-state index contributed by atoms with van der Waals surface area (Å²) in [5.74, 6) is 0.0714. The van der Waals surface area contributed by atoms with Crippen molar-refractivity contribution in [2.24, 2.45) is 0 Å². The van der Waals surface area contributed by atoms with E-state index in [4.69, 9.17) is 4.98 Å². The Hall–Kier alpha value is -3.24. The van der Waals surface area contributed by atoms with Crippen molar-refractivity contribution in [2.45, 2.75) is 51.5 Å². The predicted octanol–water partition coefficient (Wildman–Crippen LogP) is 3.77. The van der Waals surface area contributed by atoms with Gasteiger partial charge in [-0.05, 0) is 68.8 Å². The molecule has 37 heavy (non-hydrogen) atoms. The molecule has 198 valence electrons. The number of para-hydroxylation sites is 1. The molecule has 0 radical (unpaired) electrons. The number of nitrogens with one attached hydrogen (secondary N) is 3. The fourth-order valence-electron chi connectivity index (χ4n) is 4.53. The number of aromatic nitrogens is 2. The van der Waals surface area contributed by atoms with Crippen LogP contribution in [0.5, 0.6) is 0 Å². The second-order valence-electron chi connectivity index (χ2n) is 9.43. The average molecular weight is 525 g/mol. The number of pyridine rings is 1. The summed E-state index contributed by atoms with van der Waals surface area (Å²) in [4.78, 5) is 34.9. The van der Waals surface area contributed by atoms with Crippen molar-refractivity contribution in [3.05, 3.63) is 47.7 Å². The zero-order chi connectivity index (χ0) is 26.0. The molecule has 1 amide bonds. The molecule has 0 aliphatic carbocycles. The number of hydrogen-bond donors (Lipinski definition) is 4. The predicted molar refractivity (Wildman–Crippen MR) is 148 cm³/mol. The van der Waals surface area contributed by atoms with E-state index in [0.29, 0.717) is 31.2 Å². The van der Waals surface area contributed by atoms with Gasteiger partial charge in [-0.15, -0.1) is 0 Å². The fraction of sp³-hybridized carbons (Fsp3) is 0.481. The maximum atomic E-state index is 12.0. The summed E-state index contributed by atoms with van der Waals surface area (Å²) in [5, 5.41) is 19.8. The number of unbranched alkanes of at least 4 members (excludes halogenated alkanes) is 1. The molecule has 10 heteroatoms. The molecule has 0 saturated heterocycles. The van der Waals surface area contributed by atoms with Gasteiger partial charge in [0, 0.05) is 38.8 Å². The lowest BCUT2D eigenvalue weighted by Crippen LogP contribution is -2.39. The third-order valence-electron chi connectivity index (χ3n) is 6.53. The number of carboxylic acid groups (broad SMARTS) is 1. The maximum Gasteiger partial charge on any atom is 0.326 e. The van der Waals surface area contributed by atoms with E-state index >= 15 is 0 Å². The molecule has 0 saturated carbocycles. The Kier molecular flexibility index (Phi) is 9.67. The minimum absolute atomic E-state index is 0.0621. The molecule has 9 nitrogen and oxygen atoms in total. The molecule has 4 N–H and O–H groups in total. The second-order valence-corrected chi connectivity index (χ2v) is 10.5. The Morgan fingerprint density at radius 3 is 2.81 bits per heavy atom. The number of carbonyl (C=O) groups excluding carboxylic acids is 1. The summed E-state index contributed by atoms with van der Waals surface area (Å²) >= 11 is 1.46. The lowest BCUT2D eigenvalue weighted by Gasteiger charge is -2.24. The van der Waals surface area contributed by atoms with E-state index < -0.39 is 12.0 Å². The highest BCUT2D eigenvalue weighted by Crippen LogP contribution is 2.26. The maximum absolute atomic E-state index is 12.0. The molecule has 1 aromatic carbocycles. The van der Waals surface area contributed by atoms with E-state index in [1.165, 1.54) is 23.8 Å². The van der Waals surface area contributed by atoms with Gasteiger partial charge in [-0.2, -0.15) is 0 Å². The normalized spacial score (nSPS) is 13.7. The molecular weight excluding hydrogens is 488 g/mol. The number of carboxylic acids is 1. The first kappa shape index (κ1) is 26.8. The minimum Gasteiger partial charge on any atom is -0.480 e. The molecule has 2 aromatic heterocycles. The van der Waals surface area contributed by atoms with E-state index in [1.807, 2.05) is 24.3 Å². The Balaban J connectivity index is 1.28. The van der Waals surface area contributed by atoms with E-state index in [-0.39, 0.29) is 5.91 Å². The van der Waals surface area contributed by atoms with E-state index in [0.717, 1.165) is 66.9 Å². The zero-order valence-electron chi connectivity index (χ0n) is 21.3. The van der Waals surface area contributed by atoms with Crippen molar-refractivity contribution < 1.29 is 14.7 Å². The summed E-state index contributed by atoms with van der Waals surface area (Å²) in [6.07, 6.45) is 5.55. The average Bonchev–Trinajstić information content (AvgIpc) is 3.30. The number of benzene rings is 1. The molecule has 0 bridgehead atoms. The summed E-state index contributed by atoms with van der Waals surface area (Å²) in [6.45, 7) is 5.14. The van der Waals surface area contributed by atoms with Crippen LogP contribution >= 0.6 is 11.3 Å². The molecule has 1 atom stereocenters. The number of amides is 1. The Morgan fingerprint density at radius 2 is 2.00 bits per heavy atom. The van der Waals surface area contributed by atoms with Crippen LogP contribution in [0.25, 0.3) is 10.2 Å². The van der Waals surface area contributed by atoms with Gasteiger partial charge in [0.2, 0.25) is 5.91 Å². The smallest absolute Gasteiger partial charge is 0.326 e. The van der Waals surface area contributed by atoms with Crippen molar-refractivity contribution in [1.29, 1.82) is 0 Å². The SMILES string of the molecule is CC(=O)NCCN(CCCCc1ccc2c(n1)NCCC2)CC[C@H](Nc1nc2ccccc2s1)C(=O)O. The molecule has 3 aromatic rings. The van der Waals surface area contributed by atoms with Crippen LogP contribution < -0.4 is 16.0 Å². The Bertz CT molecular complexity index is 1170. The van der Waals surface area contributed by atoms with Crippen molar-refractivity contribution in [1.82, 2.24) is 20.2 Å². The molecule has 1 aliphatic rings. The highest BCUT2D eigenvalue weighted by molar-refractivity contribution is 7.22. The molecule has 0 fully saturated rings. The lowest BCUT2D eigenvalue weighted by molar-refractivity contribution is -0.138. The van der Waals surface area contributed by atoms with E-state index in [2.05, 4.69) is 38.0 Å². The quantitative estimate of drug-likeness (QED) is 0.235. The van der Waals surface area contributed by atoms with Gasteiger partial charge in [-0.25, -0.2) is 14.8 Å². The monoisotopic (exact) mass is 524 g/mol. The highest BCUT2D eigenvalue weighted by Gasteiger charge is 2.20. The van der Waals surface area contributed by atoms with Crippen molar-refractivity contribution in [2.75, 3.05) is 43.4 Å². The van der Waals surface area contributed by atoms with Crippen molar-refractivity contribution in [3.8, 4) is 0 Å². The topological polar surface area (TPSA) is 119 Å². The number of anilines is 2. The van der Waals surface area contributed by atoms with Crippen LogP contribution in [0.1, 0.15) is 43.9 Å². The third kappa shape index (κ3) is 8.13. The number of thiazole rings is 1. The van der Waals surface area contributed by atoms with Gasteiger partial charge in [0.05, 0.1) is 10.2 Å². The summed E-state index contributed by atoms with van der Waals surface area (Å²) in [7, 11) is 0. The van der Waals surface area contributed by atoms with Crippen LogP contribution in [0, 0.1) is 0 Å². The van der Waals surface area contributed by atoms with Crippen LogP contribution in [0.15, 0.2) is 36.4 Å². The number of fused-ring (bicyclic) bond motifs is 2. The van der Waals surface area contributed by atoms with Crippen molar-refractivity contribution in [3.63, 3.8) is 0 Å². The van der Waals surface area contributed by atoms with Gasteiger partial charge >= 0.3 is 5.97 Å². The van der Waals surface area contributed by atoms with Gasteiger partial charge in [0.15, 0.2) is 5.13 Å². The van der Waals surface area contributed by atoms with Crippen LogP contribution in [-0.4, -0.2) is 70.6 Å². The number of aliphatic carboxylic acids is 1. The number of rotatable bonds is 14. The molecule has 0 spiro atoms. The first-order valence-electron chi connectivity index (χ1n) is 13.0. The number of hydrogen-bond acceptors (Lipinski definition) is 8. The summed E-state index contributed by atoms with van der Waals surface area (Å²) in [6, 6.07) is 11.4. The van der Waals surface area contributed by atoms with Gasteiger partial charge in [-0.3, -0.25) is 4.79 Å². The zero-order valence-corrected chi connectivity index (χ0v) is 22.1. The molecule has 0 unspecified atom stereocenters. The third-order valence-corrected chi connectivity index (χ3v) is 7.50. The first-order chi connectivity index (χ1) is 18.0. The van der Waals surface area contributed by atoms with Gasteiger partial charge in [-0.1, -0.05) is 29.5 Å². The van der Waals surface area contributed by atoms with Crippen LogP contribution in [0.2, 0.25) is 0 Å². The number of carbonyl (C=O) groups is 2. The molecule has 1 aliphatic heterocycles. The van der Waals surface area contributed by atoms with Gasteiger partial charge in [0.25, 0.3) is 0 Å². The van der Waals surface area contributed by atoms with E-state index in [9.17, 15) is 14.7 Å². The van der Waals surface area contributed by atoms with Crippen LogP contribution in [-0.2, 0) is 22.4 Å². The van der Waals surface area contributed by atoms with Crippen molar-refractivity contribution >= 4 is 44.4 Å². The lowest BCUT2D eigenvalue weighted by atomic mass is 10.1. The molecule has 4 rings (SSSR count). The first-order valence-corrected chi connectivity index (χ1v) is 13.8. The van der Waals surface area contributed by atoms with Gasteiger partial charge in [0.1, 0.15) is 11.9 Å². The Morgan fingerprint density at radius 1 is 1.14 bits per heavy atom. The molecule has 3 heterocycles. The summed E-state index contributed by atoms with van der Waals surface area (Å²) in [5.41, 5.74) is 3.26. The largest absolute Gasteiger partial charge is 0.480 e. The minimum atomic E-state index is -0.895. The van der Waals surface area contributed by atoms with Gasteiger partial charge < -0.3 is 26.0 Å². The van der Waals surface area contributed by atoms with Crippen LogP contribution in [0.4, 0.5) is 10.9 Å². The standard InChI is InChI=1S/C27H36N6O3S/c1-19(34)28-15-18-33(16-5-4-8-21-12-11-20-7-6-14-29-25(20)30-21)17-13-23(26(35)36)32-27-31-22-9-2-3-10-24(22)37-27/h2-3,9-12,23H,4-8,13-18H2,1H3,(H,28,34)(H,29,30)(H,31,32)(H,35,36)/t23-/m0/s1.